The molecule has 1 aliphatic carbocycles. The van der Waals surface area contributed by atoms with E-state index in [0.717, 1.165) is 43.4 Å². The number of hydrogen-bond acceptors (Lipinski definition) is 5. The highest BCUT2D eigenvalue weighted by Gasteiger charge is 2.41. The number of piperazine rings is 1. The first-order valence-electron chi connectivity index (χ1n) is 9.51. The Bertz CT molecular complexity index is 911. The molecule has 1 aromatic carbocycles. The van der Waals surface area contributed by atoms with Gasteiger partial charge in [-0.15, -0.1) is 11.3 Å². The number of aromatic nitrogens is 2. The summed E-state index contributed by atoms with van der Waals surface area (Å²) in [4.78, 5) is 13.0. The van der Waals surface area contributed by atoms with E-state index < -0.39 is 0 Å². The van der Waals surface area contributed by atoms with Crippen molar-refractivity contribution in [3.8, 4) is 0 Å². The molecule has 26 heavy (non-hydrogen) atoms. The SMILES string of the molecule is Cc1nc(C2CC2c2ccc(CN3CCNCC3)cc2)c2ccsc2n1. The van der Waals surface area contributed by atoms with Crippen LogP contribution in [0.2, 0.25) is 0 Å². The Labute approximate surface area is 158 Å². The van der Waals surface area contributed by atoms with Gasteiger partial charge in [0.05, 0.1) is 5.69 Å². The maximum absolute atomic E-state index is 4.79. The van der Waals surface area contributed by atoms with Crippen LogP contribution in [0, 0.1) is 6.92 Å². The van der Waals surface area contributed by atoms with Gasteiger partial charge in [-0.25, -0.2) is 9.97 Å². The van der Waals surface area contributed by atoms with Crippen molar-refractivity contribution in [1.82, 2.24) is 20.2 Å². The van der Waals surface area contributed by atoms with E-state index in [1.165, 1.54) is 28.6 Å². The number of hydrogen-bond donors (Lipinski definition) is 1. The van der Waals surface area contributed by atoms with Gasteiger partial charge in [0.1, 0.15) is 10.7 Å². The zero-order chi connectivity index (χ0) is 17.5. The Morgan fingerprint density at radius 2 is 1.88 bits per heavy atom. The van der Waals surface area contributed by atoms with Crippen molar-refractivity contribution < 1.29 is 0 Å². The molecule has 2 fully saturated rings. The van der Waals surface area contributed by atoms with E-state index in [1.807, 2.05) is 6.92 Å². The van der Waals surface area contributed by atoms with Gasteiger partial charge in [-0.3, -0.25) is 4.90 Å². The summed E-state index contributed by atoms with van der Waals surface area (Å²) in [7, 11) is 0. The van der Waals surface area contributed by atoms with Gasteiger partial charge in [-0.2, -0.15) is 0 Å². The maximum Gasteiger partial charge on any atom is 0.127 e. The van der Waals surface area contributed by atoms with E-state index in [1.54, 1.807) is 11.3 Å². The van der Waals surface area contributed by atoms with Gasteiger partial charge < -0.3 is 5.32 Å². The van der Waals surface area contributed by atoms with Crippen molar-refractivity contribution in [1.29, 1.82) is 0 Å². The van der Waals surface area contributed by atoms with Gasteiger partial charge in [-0.05, 0) is 41.8 Å². The molecule has 1 aliphatic heterocycles. The van der Waals surface area contributed by atoms with Crippen molar-refractivity contribution >= 4 is 21.6 Å². The van der Waals surface area contributed by atoms with Crippen LogP contribution in [0.1, 0.15) is 40.9 Å². The molecule has 0 amide bonds. The van der Waals surface area contributed by atoms with Crippen LogP contribution in [-0.2, 0) is 6.54 Å². The molecule has 5 rings (SSSR count). The summed E-state index contributed by atoms with van der Waals surface area (Å²) in [5, 5.41) is 6.80. The summed E-state index contributed by atoms with van der Waals surface area (Å²) < 4.78 is 0. The lowest BCUT2D eigenvalue weighted by Crippen LogP contribution is -2.42. The molecule has 134 valence electrons. The number of fused-ring (bicyclic) bond motifs is 1. The first-order valence-corrected chi connectivity index (χ1v) is 10.4. The summed E-state index contributed by atoms with van der Waals surface area (Å²) in [6, 6.07) is 11.5. The quantitative estimate of drug-likeness (QED) is 0.767. The minimum atomic E-state index is 0.549. The zero-order valence-electron chi connectivity index (χ0n) is 15.1. The fourth-order valence-corrected chi connectivity index (χ4v) is 4.95. The number of rotatable bonds is 4. The molecule has 0 bridgehead atoms. The highest BCUT2D eigenvalue weighted by atomic mass is 32.1. The second kappa shape index (κ2) is 6.72. The highest BCUT2D eigenvalue weighted by Crippen LogP contribution is 2.55. The first kappa shape index (κ1) is 16.4. The topological polar surface area (TPSA) is 41.1 Å². The normalized spacial score (nSPS) is 23.4. The number of aryl methyl sites for hydroxylation is 1. The fraction of sp³-hybridized carbons (Fsp3) is 0.429. The Balaban J connectivity index is 1.31. The summed E-state index contributed by atoms with van der Waals surface area (Å²) in [5.41, 5.74) is 4.13. The van der Waals surface area contributed by atoms with E-state index in [2.05, 4.69) is 50.9 Å². The molecule has 0 spiro atoms. The molecular weight excluding hydrogens is 340 g/mol. The van der Waals surface area contributed by atoms with Crippen LogP contribution < -0.4 is 5.32 Å². The number of nitrogens with one attached hydrogen (secondary N) is 1. The van der Waals surface area contributed by atoms with Gasteiger partial charge in [0.2, 0.25) is 0 Å². The van der Waals surface area contributed by atoms with Crippen molar-refractivity contribution in [3.05, 3.63) is 58.4 Å². The van der Waals surface area contributed by atoms with Gasteiger partial charge in [0.15, 0.2) is 0 Å². The highest BCUT2D eigenvalue weighted by molar-refractivity contribution is 7.16. The summed E-state index contributed by atoms with van der Waals surface area (Å²) in [6.45, 7) is 7.59. The molecule has 5 heteroatoms. The molecular formula is C21H24N4S. The van der Waals surface area contributed by atoms with E-state index in [9.17, 15) is 0 Å². The van der Waals surface area contributed by atoms with E-state index in [4.69, 9.17) is 4.98 Å². The van der Waals surface area contributed by atoms with Gasteiger partial charge in [0.25, 0.3) is 0 Å². The molecule has 1 N–H and O–H groups in total. The third kappa shape index (κ3) is 3.15. The molecule has 2 aromatic heterocycles. The molecule has 1 saturated carbocycles. The van der Waals surface area contributed by atoms with Gasteiger partial charge in [0, 0.05) is 44.0 Å². The van der Waals surface area contributed by atoms with Crippen LogP contribution in [0.25, 0.3) is 10.2 Å². The summed E-state index contributed by atoms with van der Waals surface area (Å²) in [6.07, 6.45) is 1.21. The monoisotopic (exact) mass is 364 g/mol. The van der Waals surface area contributed by atoms with Crippen LogP contribution in [-0.4, -0.2) is 41.0 Å². The third-order valence-corrected chi connectivity index (χ3v) is 6.44. The fourth-order valence-electron chi connectivity index (χ4n) is 4.14. The summed E-state index contributed by atoms with van der Waals surface area (Å²) >= 11 is 1.72. The lowest BCUT2D eigenvalue weighted by molar-refractivity contribution is 0.233. The standard InChI is InChI=1S/C21H24N4S/c1-14-23-20(17-6-11-26-21(17)24-14)19-12-18(19)16-4-2-15(3-5-16)13-25-9-7-22-8-10-25/h2-6,11,18-19,22H,7-10,12-13H2,1H3. The molecule has 2 unspecified atom stereocenters. The average Bonchev–Trinajstić information content (AvgIpc) is 3.32. The van der Waals surface area contributed by atoms with E-state index in [0.29, 0.717) is 11.8 Å². The average molecular weight is 365 g/mol. The van der Waals surface area contributed by atoms with E-state index in [-0.39, 0.29) is 0 Å². The summed E-state index contributed by atoms with van der Waals surface area (Å²) in [5.74, 6) is 2.06. The smallest absolute Gasteiger partial charge is 0.127 e. The number of benzene rings is 1. The molecule has 0 radical (unpaired) electrons. The van der Waals surface area contributed by atoms with Gasteiger partial charge in [-0.1, -0.05) is 24.3 Å². The van der Waals surface area contributed by atoms with E-state index >= 15 is 0 Å². The zero-order valence-corrected chi connectivity index (χ0v) is 15.9. The minimum absolute atomic E-state index is 0.549. The molecule has 2 atom stereocenters. The van der Waals surface area contributed by atoms with Crippen LogP contribution >= 0.6 is 11.3 Å². The lowest BCUT2D eigenvalue weighted by Gasteiger charge is -2.27. The minimum Gasteiger partial charge on any atom is -0.314 e. The first-order chi connectivity index (χ1) is 12.8. The van der Waals surface area contributed by atoms with Crippen molar-refractivity contribution in [2.45, 2.75) is 31.7 Å². The second-order valence-electron chi connectivity index (χ2n) is 7.51. The third-order valence-electron chi connectivity index (χ3n) is 5.63. The Morgan fingerprint density at radius 1 is 1.08 bits per heavy atom. The Kier molecular flexibility index (Phi) is 4.23. The van der Waals surface area contributed by atoms with Crippen LogP contribution in [0.3, 0.4) is 0 Å². The number of nitrogens with zero attached hydrogens (tertiary/aromatic N) is 3. The molecule has 1 saturated heterocycles. The van der Waals surface area contributed by atoms with Crippen molar-refractivity contribution in [2.24, 2.45) is 0 Å². The Hall–Kier alpha value is -1.82. The molecule has 3 aromatic rings. The van der Waals surface area contributed by atoms with Crippen LogP contribution in [0.4, 0.5) is 0 Å². The predicted molar refractivity (Wildman–Crippen MR) is 107 cm³/mol. The van der Waals surface area contributed by atoms with Crippen molar-refractivity contribution in [2.75, 3.05) is 26.2 Å². The van der Waals surface area contributed by atoms with Crippen LogP contribution in [0.15, 0.2) is 35.7 Å². The van der Waals surface area contributed by atoms with Gasteiger partial charge >= 0.3 is 0 Å². The maximum atomic E-state index is 4.79. The molecule has 2 aliphatic rings. The predicted octanol–water partition coefficient (Wildman–Crippen LogP) is 3.68. The lowest BCUT2D eigenvalue weighted by atomic mass is 10.0. The largest absolute Gasteiger partial charge is 0.314 e. The second-order valence-corrected chi connectivity index (χ2v) is 8.41. The Morgan fingerprint density at radius 3 is 2.69 bits per heavy atom. The van der Waals surface area contributed by atoms with Crippen LogP contribution in [0.5, 0.6) is 0 Å². The van der Waals surface area contributed by atoms with Crippen molar-refractivity contribution in [3.63, 3.8) is 0 Å². The molecule has 4 nitrogen and oxygen atoms in total. The number of thiophene rings is 1. The molecule has 3 heterocycles.